The first kappa shape index (κ1) is 18.0. The number of hydrogen-bond acceptors (Lipinski definition) is 6. The number of tetrazole rings is 1. The number of methoxy groups -OCH3 is 1. The monoisotopic (exact) mass is 358 g/mol. The van der Waals surface area contributed by atoms with Gasteiger partial charge in [-0.2, -0.15) is 0 Å². The van der Waals surface area contributed by atoms with E-state index in [4.69, 9.17) is 4.74 Å². The second-order valence-electron chi connectivity index (χ2n) is 6.10. The van der Waals surface area contributed by atoms with Crippen molar-refractivity contribution in [1.82, 2.24) is 30.0 Å². The van der Waals surface area contributed by atoms with Gasteiger partial charge in [0.05, 0.1) is 0 Å². The molecule has 1 aliphatic rings. The Kier molecular flexibility index (Phi) is 5.90. The van der Waals surface area contributed by atoms with Gasteiger partial charge in [-0.1, -0.05) is 30.3 Å². The first-order chi connectivity index (χ1) is 12.7. The molecule has 2 aromatic rings. The van der Waals surface area contributed by atoms with Gasteiger partial charge in [0.2, 0.25) is 5.91 Å². The van der Waals surface area contributed by atoms with Gasteiger partial charge in [0.15, 0.2) is 6.04 Å². The van der Waals surface area contributed by atoms with Crippen LogP contribution in [0.15, 0.2) is 36.7 Å². The van der Waals surface area contributed by atoms with Gasteiger partial charge in [0.25, 0.3) is 5.91 Å². The first-order valence-electron chi connectivity index (χ1n) is 8.53. The van der Waals surface area contributed by atoms with Crippen molar-refractivity contribution in [3.8, 4) is 0 Å². The molecule has 0 radical (unpaired) electrons. The van der Waals surface area contributed by atoms with Crippen LogP contribution in [0.4, 0.5) is 0 Å². The lowest BCUT2D eigenvalue weighted by Gasteiger charge is -2.26. The highest BCUT2D eigenvalue weighted by Gasteiger charge is 2.30. The van der Waals surface area contributed by atoms with E-state index in [9.17, 15) is 9.59 Å². The van der Waals surface area contributed by atoms with Gasteiger partial charge < -0.3 is 14.5 Å². The van der Waals surface area contributed by atoms with Gasteiger partial charge in [-0.05, 0) is 22.4 Å². The van der Waals surface area contributed by atoms with Crippen LogP contribution < -0.4 is 0 Å². The summed E-state index contributed by atoms with van der Waals surface area (Å²) >= 11 is 0. The summed E-state index contributed by atoms with van der Waals surface area (Å²) < 4.78 is 6.39. The molecule has 26 heavy (non-hydrogen) atoms. The lowest BCUT2D eigenvalue weighted by molar-refractivity contribution is -0.136. The van der Waals surface area contributed by atoms with E-state index in [0.29, 0.717) is 26.2 Å². The third-order valence-electron chi connectivity index (χ3n) is 4.41. The smallest absolute Gasteiger partial charge is 0.252 e. The lowest BCUT2D eigenvalue weighted by Crippen LogP contribution is -2.41. The van der Waals surface area contributed by atoms with Crippen molar-refractivity contribution in [2.45, 2.75) is 12.5 Å². The van der Waals surface area contributed by atoms with Gasteiger partial charge in [0, 0.05) is 33.3 Å². The average molecular weight is 358 g/mol. The van der Waals surface area contributed by atoms with Crippen LogP contribution >= 0.6 is 0 Å². The van der Waals surface area contributed by atoms with Crippen LogP contribution in [-0.4, -0.2) is 81.7 Å². The van der Waals surface area contributed by atoms with E-state index in [-0.39, 0.29) is 18.4 Å². The van der Waals surface area contributed by atoms with E-state index in [0.717, 1.165) is 12.0 Å². The van der Waals surface area contributed by atoms with Gasteiger partial charge in [-0.15, -0.1) is 5.10 Å². The predicted molar refractivity (Wildman–Crippen MR) is 92.1 cm³/mol. The zero-order valence-corrected chi connectivity index (χ0v) is 14.7. The minimum atomic E-state index is -0.618. The summed E-state index contributed by atoms with van der Waals surface area (Å²) in [4.78, 5) is 28.8. The summed E-state index contributed by atoms with van der Waals surface area (Å²) in [6, 6.07) is 8.82. The second-order valence-corrected chi connectivity index (χ2v) is 6.10. The minimum absolute atomic E-state index is 0.0538. The predicted octanol–water partition coefficient (Wildman–Crippen LogP) is -0.0302. The molecule has 0 aliphatic carbocycles. The van der Waals surface area contributed by atoms with Crippen molar-refractivity contribution in [2.75, 3.05) is 39.9 Å². The standard InChI is InChI=1S/C17H22N6O3/c1-26-12-15(24)21-8-5-9-22(11-10-21)17(25)16(23-13-18-19-20-23)14-6-3-2-4-7-14/h2-4,6-7,13,16H,5,8-12H2,1H3. The Bertz CT molecular complexity index is 721. The Morgan fingerprint density at radius 3 is 2.54 bits per heavy atom. The van der Waals surface area contributed by atoms with Crippen molar-refractivity contribution in [3.63, 3.8) is 0 Å². The largest absolute Gasteiger partial charge is 0.375 e. The molecule has 1 aliphatic heterocycles. The number of carbonyl (C=O) groups is 2. The third-order valence-corrected chi connectivity index (χ3v) is 4.41. The summed E-state index contributed by atoms with van der Waals surface area (Å²) in [7, 11) is 1.50. The molecule has 0 N–H and O–H groups in total. The Morgan fingerprint density at radius 1 is 1.12 bits per heavy atom. The SMILES string of the molecule is COCC(=O)N1CCCN(C(=O)C(c2ccccc2)n2cnnn2)CC1. The fourth-order valence-electron chi connectivity index (χ4n) is 3.11. The second kappa shape index (κ2) is 8.52. The normalized spacial score (nSPS) is 16.2. The number of benzene rings is 1. The van der Waals surface area contributed by atoms with Gasteiger partial charge in [-0.3, -0.25) is 9.59 Å². The maximum absolute atomic E-state index is 13.2. The van der Waals surface area contributed by atoms with Crippen LogP contribution in [0.5, 0.6) is 0 Å². The molecular weight excluding hydrogens is 336 g/mol. The molecule has 2 heterocycles. The van der Waals surface area contributed by atoms with E-state index in [2.05, 4.69) is 15.5 Å². The number of hydrogen-bond donors (Lipinski definition) is 0. The van der Waals surface area contributed by atoms with E-state index >= 15 is 0 Å². The van der Waals surface area contributed by atoms with Crippen LogP contribution in [0, 0.1) is 0 Å². The molecule has 2 amide bonds. The minimum Gasteiger partial charge on any atom is -0.375 e. The fraction of sp³-hybridized carbons (Fsp3) is 0.471. The van der Waals surface area contributed by atoms with E-state index in [1.54, 1.807) is 9.80 Å². The quantitative estimate of drug-likeness (QED) is 0.745. The topological polar surface area (TPSA) is 93.5 Å². The molecule has 0 saturated carbocycles. The number of ether oxygens (including phenoxy) is 1. The fourth-order valence-corrected chi connectivity index (χ4v) is 3.11. The van der Waals surface area contributed by atoms with Gasteiger partial charge in [0.1, 0.15) is 12.9 Å². The van der Waals surface area contributed by atoms with Crippen LogP contribution in [0.2, 0.25) is 0 Å². The molecule has 1 aromatic carbocycles. The molecule has 138 valence electrons. The number of nitrogens with zero attached hydrogens (tertiary/aromatic N) is 6. The molecule has 1 unspecified atom stereocenters. The highest BCUT2D eigenvalue weighted by molar-refractivity contribution is 5.84. The third kappa shape index (κ3) is 4.05. The summed E-state index contributed by atoms with van der Waals surface area (Å²) in [5.41, 5.74) is 0.821. The Morgan fingerprint density at radius 2 is 1.85 bits per heavy atom. The van der Waals surface area contributed by atoms with E-state index in [1.165, 1.54) is 18.1 Å². The maximum atomic E-state index is 13.2. The zero-order chi connectivity index (χ0) is 18.4. The van der Waals surface area contributed by atoms with Crippen LogP contribution in [0.25, 0.3) is 0 Å². The van der Waals surface area contributed by atoms with Crippen molar-refractivity contribution in [3.05, 3.63) is 42.2 Å². The molecule has 1 saturated heterocycles. The van der Waals surface area contributed by atoms with E-state index in [1.807, 2.05) is 30.3 Å². The Labute approximate surface area is 151 Å². The molecule has 1 aromatic heterocycles. The molecule has 1 fully saturated rings. The molecular formula is C17H22N6O3. The summed E-state index contributed by atoms with van der Waals surface area (Å²) in [6.45, 7) is 2.23. The summed E-state index contributed by atoms with van der Waals surface area (Å²) in [6.07, 6.45) is 2.17. The van der Waals surface area contributed by atoms with Crippen LogP contribution in [0.1, 0.15) is 18.0 Å². The average Bonchev–Trinajstić information content (AvgIpc) is 3.06. The lowest BCUT2D eigenvalue weighted by atomic mass is 10.1. The van der Waals surface area contributed by atoms with Crippen LogP contribution in [-0.2, 0) is 14.3 Å². The summed E-state index contributed by atoms with van der Waals surface area (Å²) in [5.74, 6) is -0.133. The Hall–Kier alpha value is -2.81. The molecule has 9 heteroatoms. The van der Waals surface area contributed by atoms with Crippen LogP contribution in [0.3, 0.4) is 0 Å². The summed E-state index contributed by atoms with van der Waals surface area (Å²) in [5, 5.41) is 11.3. The molecule has 0 bridgehead atoms. The number of amides is 2. The van der Waals surface area contributed by atoms with Crippen molar-refractivity contribution in [2.24, 2.45) is 0 Å². The number of carbonyl (C=O) groups excluding carboxylic acids is 2. The van der Waals surface area contributed by atoms with Gasteiger partial charge >= 0.3 is 0 Å². The Balaban J connectivity index is 1.76. The molecule has 1 atom stereocenters. The van der Waals surface area contributed by atoms with Crippen molar-refractivity contribution >= 4 is 11.8 Å². The molecule has 9 nitrogen and oxygen atoms in total. The zero-order valence-electron chi connectivity index (χ0n) is 14.7. The number of aromatic nitrogens is 4. The van der Waals surface area contributed by atoms with E-state index < -0.39 is 6.04 Å². The molecule has 0 spiro atoms. The highest BCUT2D eigenvalue weighted by Crippen LogP contribution is 2.20. The first-order valence-corrected chi connectivity index (χ1v) is 8.53. The molecule has 3 rings (SSSR count). The van der Waals surface area contributed by atoms with Crippen molar-refractivity contribution < 1.29 is 14.3 Å². The van der Waals surface area contributed by atoms with Crippen molar-refractivity contribution in [1.29, 1.82) is 0 Å². The van der Waals surface area contributed by atoms with Gasteiger partial charge in [-0.25, -0.2) is 4.68 Å². The maximum Gasteiger partial charge on any atom is 0.252 e. The number of rotatable bonds is 5. The highest BCUT2D eigenvalue weighted by atomic mass is 16.5.